The van der Waals surface area contributed by atoms with Crippen LogP contribution in [0.15, 0.2) is 54.6 Å². The van der Waals surface area contributed by atoms with Crippen LogP contribution in [0.2, 0.25) is 0 Å². The van der Waals surface area contributed by atoms with Gasteiger partial charge in [-0.05, 0) is 36.0 Å². The molecule has 124 valence electrons. The molecule has 1 aliphatic carbocycles. The minimum Gasteiger partial charge on any atom is -0.349 e. The molecule has 5 heteroatoms. The van der Waals surface area contributed by atoms with Gasteiger partial charge in [-0.2, -0.15) is 0 Å². The molecule has 1 aliphatic rings. The summed E-state index contributed by atoms with van der Waals surface area (Å²) in [6.45, 7) is 0. The highest BCUT2D eigenvalue weighted by Gasteiger charge is 2.38. The number of rotatable bonds is 6. The molecule has 0 radical (unpaired) electrons. The molecule has 2 aromatic carbocycles. The van der Waals surface area contributed by atoms with E-state index in [0.29, 0.717) is 0 Å². The van der Waals surface area contributed by atoms with Gasteiger partial charge in [0.25, 0.3) is 5.91 Å². The van der Waals surface area contributed by atoms with Crippen molar-refractivity contribution in [3.8, 4) is 0 Å². The molecule has 0 spiro atoms. The van der Waals surface area contributed by atoms with Crippen LogP contribution in [-0.4, -0.2) is 17.5 Å². The third-order valence-electron chi connectivity index (χ3n) is 4.84. The van der Waals surface area contributed by atoms with Gasteiger partial charge in [0.1, 0.15) is 0 Å². The van der Waals surface area contributed by atoms with E-state index >= 15 is 0 Å². The van der Waals surface area contributed by atoms with Crippen LogP contribution < -0.4 is 10.8 Å². The third kappa shape index (κ3) is 2.90. The van der Waals surface area contributed by atoms with E-state index < -0.39 is 11.8 Å². The van der Waals surface area contributed by atoms with Gasteiger partial charge in [0, 0.05) is 0 Å². The van der Waals surface area contributed by atoms with Gasteiger partial charge in [-0.25, -0.2) is 5.48 Å². The highest BCUT2D eigenvalue weighted by molar-refractivity contribution is 5.86. The lowest BCUT2D eigenvalue weighted by atomic mass is 9.71. The first-order valence-electron chi connectivity index (χ1n) is 8.01. The topological polar surface area (TPSA) is 78.4 Å². The summed E-state index contributed by atoms with van der Waals surface area (Å²) in [7, 11) is 0. The highest BCUT2D eigenvalue weighted by Crippen LogP contribution is 2.41. The standard InChI is InChI=1S/C19H20N2O3/c22-13-20-19(11-4-12-19)16-9-7-15(8-10-16)17(18(23)21-24)14-5-2-1-3-6-14/h1-3,5-10,13,17,24H,4,11-12H2,(H,20,22)(H,21,23). The van der Waals surface area contributed by atoms with Crippen LogP contribution in [-0.2, 0) is 15.1 Å². The van der Waals surface area contributed by atoms with E-state index in [9.17, 15) is 9.59 Å². The van der Waals surface area contributed by atoms with Gasteiger partial charge in [-0.3, -0.25) is 14.8 Å². The zero-order chi connectivity index (χ0) is 17.0. The molecule has 0 aliphatic heterocycles. The predicted octanol–water partition coefficient (Wildman–Crippen LogP) is 2.45. The molecule has 2 aromatic rings. The summed E-state index contributed by atoms with van der Waals surface area (Å²) in [5, 5.41) is 12.0. The minimum absolute atomic E-state index is 0.276. The van der Waals surface area contributed by atoms with Crippen molar-refractivity contribution in [2.75, 3.05) is 0 Å². The fourth-order valence-corrected chi connectivity index (χ4v) is 3.36. The molecule has 1 atom stereocenters. The largest absolute Gasteiger partial charge is 0.349 e. The van der Waals surface area contributed by atoms with Crippen LogP contribution in [0.5, 0.6) is 0 Å². The average molecular weight is 324 g/mol. The molecule has 0 heterocycles. The van der Waals surface area contributed by atoms with Gasteiger partial charge in [-0.15, -0.1) is 0 Å². The Morgan fingerprint density at radius 3 is 2.17 bits per heavy atom. The third-order valence-corrected chi connectivity index (χ3v) is 4.84. The second-order valence-electron chi connectivity index (χ2n) is 6.14. The maximum atomic E-state index is 12.1. The molecular formula is C19H20N2O3. The molecule has 1 saturated carbocycles. The zero-order valence-corrected chi connectivity index (χ0v) is 13.2. The van der Waals surface area contributed by atoms with E-state index in [1.807, 2.05) is 54.6 Å². The Bertz CT molecular complexity index is 709. The Morgan fingerprint density at radius 1 is 1.04 bits per heavy atom. The van der Waals surface area contributed by atoms with E-state index in [-0.39, 0.29) is 5.54 Å². The van der Waals surface area contributed by atoms with Crippen LogP contribution in [0, 0.1) is 0 Å². The van der Waals surface area contributed by atoms with Crippen LogP contribution in [0.4, 0.5) is 0 Å². The molecule has 2 amide bonds. The fourth-order valence-electron chi connectivity index (χ4n) is 3.36. The number of benzene rings is 2. The SMILES string of the molecule is O=CNC1(c2ccc(C(C(=O)NO)c3ccccc3)cc2)CCC1. The van der Waals surface area contributed by atoms with Crippen LogP contribution in [0.1, 0.15) is 41.9 Å². The summed E-state index contributed by atoms with van der Waals surface area (Å²) in [5.41, 5.74) is 4.11. The molecule has 5 nitrogen and oxygen atoms in total. The number of carbonyl (C=O) groups is 2. The lowest BCUT2D eigenvalue weighted by molar-refractivity contribution is -0.129. The first-order valence-corrected chi connectivity index (χ1v) is 8.01. The van der Waals surface area contributed by atoms with Gasteiger partial charge in [0.2, 0.25) is 6.41 Å². The second-order valence-corrected chi connectivity index (χ2v) is 6.14. The molecular weight excluding hydrogens is 304 g/mol. The van der Waals surface area contributed by atoms with Gasteiger partial charge < -0.3 is 5.32 Å². The van der Waals surface area contributed by atoms with E-state index in [4.69, 9.17) is 5.21 Å². The normalized spacial score (nSPS) is 16.5. The lowest BCUT2D eigenvalue weighted by Gasteiger charge is -2.42. The molecule has 1 unspecified atom stereocenters. The highest BCUT2D eigenvalue weighted by atomic mass is 16.5. The van der Waals surface area contributed by atoms with Gasteiger partial charge in [-0.1, -0.05) is 54.6 Å². The van der Waals surface area contributed by atoms with E-state index in [2.05, 4.69) is 5.32 Å². The minimum atomic E-state index is -0.582. The Hall–Kier alpha value is -2.66. The fraction of sp³-hybridized carbons (Fsp3) is 0.263. The summed E-state index contributed by atoms with van der Waals surface area (Å²) < 4.78 is 0. The Morgan fingerprint density at radius 2 is 1.67 bits per heavy atom. The Balaban J connectivity index is 1.92. The average Bonchev–Trinajstić information content (AvgIpc) is 2.60. The number of nitrogens with one attached hydrogen (secondary N) is 2. The van der Waals surface area contributed by atoms with Crippen LogP contribution in [0.3, 0.4) is 0 Å². The quantitative estimate of drug-likeness (QED) is 0.434. The molecule has 3 rings (SSSR count). The summed E-state index contributed by atoms with van der Waals surface area (Å²) in [6, 6.07) is 17.0. The number of amides is 2. The van der Waals surface area contributed by atoms with Crippen molar-refractivity contribution in [2.24, 2.45) is 0 Å². The second kappa shape index (κ2) is 6.84. The van der Waals surface area contributed by atoms with Crippen molar-refractivity contribution in [1.29, 1.82) is 0 Å². The maximum absolute atomic E-state index is 12.1. The molecule has 0 saturated heterocycles. The smallest absolute Gasteiger partial charge is 0.255 e. The first-order chi connectivity index (χ1) is 11.7. The number of hydroxylamine groups is 1. The number of hydrogen-bond acceptors (Lipinski definition) is 3. The Kier molecular flexibility index (Phi) is 4.62. The maximum Gasteiger partial charge on any atom is 0.255 e. The zero-order valence-electron chi connectivity index (χ0n) is 13.2. The molecule has 0 aromatic heterocycles. The van der Waals surface area contributed by atoms with Crippen molar-refractivity contribution in [3.63, 3.8) is 0 Å². The van der Waals surface area contributed by atoms with Gasteiger partial charge in [0.15, 0.2) is 0 Å². The lowest BCUT2D eigenvalue weighted by Crippen LogP contribution is -2.47. The molecule has 24 heavy (non-hydrogen) atoms. The summed E-state index contributed by atoms with van der Waals surface area (Å²) in [5.74, 6) is -1.06. The predicted molar refractivity (Wildman–Crippen MR) is 89.4 cm³/mol. The van der Waals surface area contributed by atoms with Crippen LogP contribution in [0.25, 0.3) is 0 Å². The first kappa shape index (κ1) is 16.2. The monoisotopic (exact) mass is 324 g/mol. The summed E-state index contributed by atoms with van der Waals surface area (Å²) >= 11 is 0. The molecule has 1 fully saturated rings. The van der Waals surface area contributed by atoms with E-state index in [1.54, 1.807) is 5.48 Å². The van der Waals surface area contributed by atoms with Crippen molar-refractivity contribution in [1.82, 2.24) is 10.8 Å². The van der Waals surface area contributed by atoms with Crippen molar-refractivity contribution < 1.29 is 14.8 Å². The van der Waals surface area contributed by atoms with Gasteiger partial charge >= 0.3 is 0 Å². The number of hydrogen-bond donors (Lipinski definition) is 3. The van der Waals surface area contributed by atoms with Crippen molar-refractivity contribution >= 4 is 12.3 Å². The van der Waals surface area contributed by atoms with Crippen LogP contribution >= 0.6 is 0 Å². The summed E-state index contributed by atoms with van der Waals surface area (Å²) in [4.78, 5) is 23.0. The molecule has 3 N–H and O–H groups in total. The van der Waals surface area contributed by atoms with E-state index in [1.165, 1.54) is 0 Å². The van der Waals surface area contributed by atoms with Crippen molar-refractivity contribution in [3.05, 3.63) is 71.3 Å². The van der Waals surface area contributed by atoms with Crippen molar-refractivity contribution in [2.45, 2.75) is 30.7 Å². The van der Waals surface area contributed by atoms with Gasteiger partial charge in [0.05, 0.1) is 11.5 Å². The molecule has 0 bridgehead atoms. The number of carbonyl (C=O) groups excluding carboxylic acids is 2. The Labute approximate surface area is 140 Å². The van der Waals surface area contributed by atoms with E-state index in [0.717, 1.165) is 42.4 Å². The summed E-state index contributed by atoms with van der Waals surface area (Å²) in [6.07, 6.45) is 3.68.